The molecular weight excluding hydrogens is 182 g/mol. The van der Waals surface area contributed by atoms with Crippen molar-refractivity contribution in [3.8, 4) is 0 Å². The van der Waals surface area contributed by atoms with E-state index in [1.807, 2.05) is 0 Å². The molecule has 0 radical (unpaired) electrons. The number of hydrogen-bond donors (Lipinski definition) is 0. The van der Waals surface area contributed by atoms with Gasteiger partial charge in [0.15, 0.2) is 0 Å². The second-order valence-corrected chi connectivity index (χ2v) is 6.81. The third-order valence-corrected chi connectivity index (χ3v) is 4.66. The molecule has 1 aliphatic carbocycles. The normalized spacial score (nSPS) is 32.2. The summed E-state index contributed by atoms with van der Waals surface area (Å²) in [6, 6.07) is 1.59. The van der Waals surface area contributed by atoms with E-state index in [0.717, 1.165) is 12.1 Å². The molecule has 0 bridgehead atoms. The molecular formula is C14H27N. The Kier molecular flexibility index (Phi) is 2.65. The SMILES string of the molecule is CCC(C)N1C(C(C)(C)C)CCC12CC2. The van der Waals surface area contributed by atoms with Crippen LogP contribution in [0.5, 0.6) is 0 Å². The maximum atomic E-state index is 2.88. The Bertz CT molecular complexity index is 234. The molecule has 0 aromatic heterocycles. The Balaban J connectivity index is 2.19. The van der Waals surface area contributed by atoms with Gasteiger partial charge in [0.05, 0.1) is 0 Å². The predicted molar refractivity (Wildman–Crippen MR) is 66.0 cm³/mol. The van der Waals surface area contributed by atoms with Crippen LogP contribution in [0.4, 0.5) is 0 Å². The van der Waals surface area contributed by atoms with Gasteiger partial charge in [-0.05, 0) is 44.4 Å². The third kappa shape index (κ3) is 1.84. The zero-order chi connectivity index (χ0) is 11.3. The van der Waals surface area contributed by atoms with Gasteiger partial charge in [-0.2, -0.15) is 0 Å². The molecule has 2 unspecified atom stereocenters. The summed E-state index contributed by atoms with van der Waals surface area (Å²) in [5.41, 5.74) is 1.10. The molecule has 0 aromatic carbocycles. The summed E-state index contributed by atoms with van der Waals surface area (Å²) < 4.78 is 0. The fourth-order valence-electron chi connectivity index (χ4n) is 3.48. The molecule has 1 nitrogen and oxygen atoms in total. The maximum Gasteiger partial charge on any atom is 0.0217 e. The molecule has 0 N–H and O–H groups in total. The average Bonchev–Trinajstić information content (AvgIpc) is 2.76. The first-order valence-electron chi connectivity index (χ1n) is 6.69. The van der Waals surface area contributed by atoms with Gasteiger partial charge < -0.3 is 0 Å². The highest BCUT2D eigenvalue weighted by Crippen LogP contribution is 2.55. The molecule has 88 valence electrons. The quantitative estimate of drug-likeness (QED) is 0.668. The van der Waals surface area contributed by atoms with E-state index in [9.17, 15) is 0 Å². The highest BCUT2D eigenvalue weighted by Gasteiger charge is 2.57. The molecule has 2 atom stereocenters. The fraction of sp³-hybridized carbons (Fsp3) is 1.00. The van der Waals surface area contributed by atoms with Crippen molar-refractivity contribution in [2.24, 2.45) is 5.41 Å². The standard InChI is InChI=1S/C14H27N/c1-6-11(2)15-12(13(3,4)5)7-8-14(15)9-10-14/h11-12H,6-10H2,1-5H3. The highest BCUT2D eigenvalue weighted by atomic mass is 15.3. The molecule has 1 saturated heterocycles. The Morgan fingerprint density at radius 2 is 1.87 bits per heavy atom. The van der Waals surface area contributed by atoms with Crippen LogP contribution in [0.15, 0.2) is 0 Å². The van der Waals surface area contributed by atoms with E-state index in [2.05, 4.69) is 39.5 Å². The highest BCUT2D eigenvalue weighted by molar-refractivity contribution is 5.13. The summed E-state index contributed by atoms with van der Waals surface area (Å²) in [6.07, 6.45) is 7.11. The van der Waals surface area contributed by atoms with Gasteiger partial charge in [-0.25, -0.2) is 0 Å². The topological polar surface area (TPSA) is 3.24 Å². The smallest absolute Gasteiger partial charge is 0.0217 e. The lowest BCUT2D eigenvalue weighted by Crippen LogP contribution is -2.49. The molecule has 1 aliphatic heterocycles. The van der Waals surface area contributed by atoms with E-state index in [4.69, 9.17) is 0 Å². The summed E-state index contributed by atoms with van der Waals surface area (Å²) in [7, 11) is 0. The lowest BCUT2D eigenvalue weighted by atomic mass is 9.84. The van der Waals surface area contributed by atoms with Crippen LogP contribution in [0, 0.1) is 5.41 Å². The number of rotatable bonds is 2. The van der Waals surface area contributed by atoms with Crippen molar-refractivity contribution in [1.29, 1.82) is 0 Å². The molecule has 0 amide bonds. The number of likely N-dealkylation sites (tertiary alicyclic amines) is 1. The lowest BCUT2D eigenvalue weighted by Gasteiger charge is -2.42. The van der Waals surface area contributed by atoms with E-state index in [0.29, 0.717) is 11.0 Å². The van der Waals surface area contributed by atoms with E-state index >= 15 is 0 Å². The van der Waals surface area contributed by atoms with Crippen molar-refractivity contribution in [2.75, 3.05) is 0 Å². The summed E-state index contributed by atoms with van der Waals surface area (Å²) in [6.45, 7) is 12.0. The third-order valence-electron chi connectivity index (χ3n) is 4.66. The van der Waals surface area contributed by atoms with Gasteiger partial charge in [0.25, 0.3) is 0 Å². The van der Waals surface area contributed by atoms with Crippen LogP contribution in [-0.4, -0.2) is 22.5 Å². The van der Waals surface area contributed by atoms with Crippen LogP contribution in [0.2, 0.25) is 0 Å². The second-order valence-electron chi connectivity index (χ2n) is 6.81. The second kappa shape index (κ2) is 3.48. The van der Waals surface area contributed by atoms with E-state index in [1.54, 1.807) is 0 Å². The van der Waals surface area contributed by atoms with Crippen LogP contribution < -0.4 is 0 Å². The molecule has 2 aliphatic rings. The van der Waals surface area contributed by atoms with Crippen LogP contribution in [-0.2, 0) is 0 Å². The van der Waals surface area contributed by atoms with Gasteiger partial charge in [-0.3, -0.25) is 4.90 Å². The summed E-state index contributed by atoms with van der Waals surface area (Å²) >= 11 is 0. The first-order chi connectivity index (χ1) is 6.91. The van der Waals surface area contributed by atoms with Crippen molar-refractivity contribution in [2.45, 2.75) is 84.3 Å². The Labute approximate surface area is 95.2 Å². The van der Waals surface area contributed by atoms with Crippen molar-refractivity contribution in [3.63, 3.8) is 0 Å². The molecule has 2 rings (SSSR count). The molecule has 2 fully saturated rings. The van der Waals surface area contributed by atoms with Gasteiger partial charge in [-0.15, -0.1) is 0 Å². The Morgan fingerprint density at radius 1 is 1.27 bits per heavy atom. The van der Waals surface area contributed by atoms with Crippen LogP contribution in [0.3, 0.4) is 0 Å². The molecule has 15 heavy (non-hydrogen) atoms. The first kappa shape index (κ1) is 11.4. The van der Waals surface area contributed by atoms with Gasteiger partial charge in [0.2, 0.25) is 0 Å². The van der Waals surface area contributed by atoms with Gasteiger partial charge in [-0.1, -0.05) is 27.7 Å². The predicted octanol–water partition coefficient (Wildman–Crippen LogP) is 3.83. The van der Waals surface area contributed by atoms with Crippen molar-refractivity contribution in [1.82, 2.24) is 4.90 Å². The largest absolute Gasteiger partial charge is 0.292 e. The van der Waals surface area contributed by atoms with Gasteiger partial charge >= 0.3 is 0 Å². The maximum absolute atomic E-state index is 2.88. The van der Waals surface area contributed by atoms with Crippen LogP contribution in [0.25, 0.3) is 0 Å². The van der Waals surface area contributed by atoms with Crippen molar-refractivity contribution in [3.05, 3.63) is 0 Å². The van der Waals surface area contributed by atoms with E-state index in [1.165, 1.54) is 32.1 Å². The van der Waals surface area contributed by atoms with Crippen LogP contribution in [0.1, 0.15) is 66.7 Å². The molecule has 1 heterocycles. The minimum atomic E-state index is 0.454. The molecule has 0 aromatic rings. The number of hydrogen-bond acceptors (Lipinski definition) is 1. The zero-order valence-electron chi connectivity index (χ0n) is 11.1. The van der Waals surface area contributed by atoms with Crippen molar-refractivity contribution >= 4 is 0 Å². The van der Waals surface area contributed by atoms with Crippen LogP contribution >= 0.6 is 0 Å². The van der Waals surface area contributed by atoms with Gasteiger partial charge in [0.1, 0.15) is 0 Å². The summed E-state index contributed by atoms with van der Waals surface area (Å²) in [5.74, 6) is 0. The average molecular weight is 209 g/mol. The van der Waals surface area contributed by atoms with Crippen molar-refractivity contribution < 1.29 is 0 Å². The van der Waals surface area contributed by atoms with E-state index < -0.39 is 0 Å². The molecule has 1 saturated carbocycles. The molecule has 1 heteroatoms. The monoisotopic (exact) mass is 209 g/mol. The summed E-state index contributed by atoms with van der Waals surface area (Å²) in [4.78, 5) is 2.88. The Hall–Kier alpha value is -0.0400. The fourth-order valence-corrected chi connectivity index (χ4v) is 3.48. The lowest BCUT2D eigenvalue weighted by molar-refractivity contribution is 0.0584. The van der Waals surface area contributed by atoms with Gasteiger partial charge in [0, 0.05) is 17.6 Å². The minimum Gasteiger partial charge on any atom is -0.292 e. The Morgan fingerprint density at radius 3 is 2.27 bits per heavy atom. The van der Waals surface area contributed by atoms with E-state index in [-0.39, 0.29) is 0 Å². The number of nitrogens with zero attached hydrogens (tertiary/aromatic N) is 1. The minimum absolute atomic E-state index is 0.454. The zero-order valence-corrected chi connectivity index (χ0v) is 11.1. The summed E-state index contributed by atoms with van der Waals surface area (Å²) in [5, 5.41) is 0. The molecule has 1 spiro atoms. The first-order valence-corrected chi connectivity index (χ1v) is 6.69.